The molecule has 5 N–H and O–H groups in total. The van der Waals surface area contributed by atoms with Crippen LogP contribution in [0.15, 0.2) is 42.5 Å². The van der Waals surface area contributed by atoms with Gasteiger partial charge in [0.05, 0.1) is 31.5 Å². The molecule has 4 rings (SSSR count). The summed E-state index contributed by atoms with van der Waals surface area (Å²) in [5.41, 5.74) is 1.94. The third kappa shape index (κ3) is 4.94. The Balaban J connectivity index is 1.55. The number of aliphatic hydroxyl groups excluding tert-OH is 4. The third-order valence-corrected chi connectivity index (χ3v) is 6.39. The molecule has 2 heterocycles. The minimum atomic E-state index is -2.38. The van der Waals surface area contributed by atoms with Crippen molar-refractivity contribution in [1.29, 1.82) is 5.26 Å². The standard InChI is InChI=1S/C25H29NO8/c26-13-16-3-4-18(25(31)24(30)23(29)22(28)21(14-27)34-25)12-17(16)11-15-1-5-19(6-2-15)33-20-7-9-32-10-8-20/h1-6,12,20-24,27-31H,7-11,14H2/t21-,22-,23+,24-,25+/m1/s1. The maximum atomic E-state index is 11.1. The van der Waals surface area contributed by atoms with E-state index in [9.17, 15) is 30.8 Å². The van der Waals surface area contributed by atoms with Crippen molar-refractivity contribution in [2.24, 2.45) is 0 Å². The summed E-state index contributed by atoms with van der Waals surface area (Å²) in [5, 5.41) is 60.7. The number of hydrogen-bond acceptors (Lipinski definition) is 9. The van der Waals surface area contributed by atoms with Gasteiger partial charge in [0.25, 0.3) is 0 Å². The summed E-state index contributed by atoms with van der Waals surface area (Å²) in [6, 6.07) is 14.1. The van der Waals surface area contributed by atoms with Crippen LogP contribution in [0, 0.1) is 11.3 Å². The summed E-state index contributed by atoms with van der Waals surface area (Å²) in [6.07, 6.45) is -4.30. The van der Waals surface area contributed by atoms with Crippen molar-refractivity contribution in [1.82, 2.24) is 0 Å². The Hall–Kier alpha value is -2.55. The lowest BCUT2D eigenvalue weighted by atomic mass is 9.86. The van der Waals surface area contributed by atoms with Gasteiger partial charge in [0.2, 0.25) is 5.79 Å². The summed E-state index contributed by atoms with van der Waals surface area (Å²) in [6.45, 7) is 0.713. The normalized spacial score (nSPS) is 30.0. The summed E-state index contributed by atoms with van der Waals surface area (Å²) < 4.78 is 16.7. The second-order valence-corrected chi connectivity index (χ2v) is 8.70. The molecular weight excluding hydrogens is 442 g/mol. The van der Waals surface area contributed by atoms with Gasteiger partial charge in [0, 0.05) is 18.4 Å². The molecule has 0 spiro atoms. The third-order valence-electron chi connectivity index (χ3n) is 6.39. The molecular formula is C25H29NO8. The Labute approximate surface area is 197 Å². The maximum Gasteiger partial charge on any atom is 0.222 e. The lowest BCUT2D eigenvalue weighted by molar-refractivity contribution is -0.357. The molecule has 0 saturated carbocycles. The van der Waals surface area contributed by atoms with E-state index in [0.717, 1.165) is 24.2 Å². The van der Waals surface area contributed by atoms with Crippen molar-refractivity contribution in [2.45, 2.75) is 55.6 Å². The minimum absolute atomic E-state index is 0.0953. The number of aliphatic hydroxyl groups is 5. The molecule has 0 aromatic heterocycles. The number of nitrogens with zero attached hydrogens (tertiary/aromatic N) is 1. The summed E-state index contributed by atoms with van der Waals surface area (Å²) >= 11 is 0. The number of ether oxygens (including phenoxy) is 3. The molecule has 0 bridgehead atoms. The van der Waals surface area contributed by atoms with E-state index in [-0.39, 0.29) is 11.7 Å². The van der Waals surface area contributed by atoms with Gasteiger partial charge in [0.15, 0.2) is 0 Å². The van der Waals surface area contributed by atoms with Crippen LogP contribution >= 0.6 is 0 Å². The van der Waals surface area contributed by atoms with Gasteiger partial charge in [-0.1, -0.05) is 18.2 Å². The van der Waals surface area contributed by atoms with Crippen LogP contribution in [0.4, 0.5) is 0 Å². The Morgan fingerprint density at radius 2 is 1.74 bits per heavy atom. The van der Waals surface area contributed by atoms with Crippen molar-refractivity contribution >= 4 is 0 Å². The number of benzene rings is 2. The SMILES string of the molecule is N#Cc1ccc([C@]2(O)O[C@H](CO)[C@@H](O)[C@H](O)[C@H]2O)cc1Cc1ccc(OC2CCOCC2)cc1. The second-order valence-electron chi connectivity index (χ2n) is 8.70. The zero-order valence-electron chi connectivity index (χ0n) is 18.6. The predicted octanol–water partition coefficient (Wildman–Crippen LogP) is 0.326. The molecule has 2 aliphatic heterocycles. The Bertz CT molecular complexity index is 1010. The molecule has 0 radical (unpaired) electrons. The first-order valence-electron chi connectivity index (χ1n) is 11.3. The molecule has 5 atom stereocenters. The Morgan fingerprint density at radius 1 is 1.03 bits per heavy atom. The molecule has 34 heavy (non-hydrogen) atoms. The highest BCUT2D eigenvalue weighted by atomic mass is 16.7. The first-order chi connectivity index (χ1) is 16.4. The smallest absolute Gasteiger partial charge is 0.222 e. The fourth-order valence-electron chi connectivity index (χ4n) is 4.36. The van der Waals surface area contributed by atoms with Gasteiger partial charge in [-0.3, -0.25) is 0 Å². The molecule has 9 nitrogen and oxygen atoms in total. The molecule has 2 fully saturated rings. The molecule has 2 saturated heterocycles. The average molecular weight is 472 g/mol. The van der Waals surface area contributed by atoms with Crippen LogP contribution < -0.4 is 4.74 Å². The molecule has 0 aliphatic carbocycles. The molecule has 0 unspecified atom stereocenters. The Kier molecular flexibility index (Phi) is 7.50. The maximum absolute atomic E-state index is 11.1. The largest absolute Gasteiger partial charge is 0.490 e. The van der Waals surface area contributed by atoms with Gasteiger partial charge in [-0.25, -0.2) is 0 Å². The van der Waals surface area contributed by atoms with E-state index in [1.165, 1.54) is 18.2 Å². The molecule has 2 aliphatic rings. The van der Waals surface area contributed by atoms with Crippen molar-refractivity contribution < 1.29 is 39.7 Å². The van der Waals surface area contributed by atoms with E-state index < -0.39 is 36.8 Å². The molecule has 9 heteroatoms. The van der Waals surface area contributed by atoms with Crippen molar-refractivity contribution in [3.05, 3.63) is 64.7 Å². The van der Waals surface area contributed by atoms with Crippen LogP contribution in [0.1, 0.15) is 35.1 Å². The van der Waals surface area contributed by atoms with Crippen LogP contribution in [-0.4, -0.2) is 75.9 Å². The van der Waals surface area contributed by atoms with Gasteiger partial charge in [-0.05, 0) is 41.8 Å². The summed E-state index contributed by atoms with van der Waals surface area (Å²) in [4.78, 5) is 0. The van der Waals surface area contributed by atoms with Crippen LogP contribution in [-0.2, 0) is 21.7 Å². The van der Waals surface area contributed by atoms with Crippen LogP contribution in [0.5, 0.6) is 5.75 Å². The first-order valence-corrected chi connectivity index (χ1v) is 11.3. The number of rotatable bonds is 6. The van der Waals surface area contributed by atoms with E-state index in [1.807, 2.05) is 24.3 Å². The van der Waals surface area contributed by atoms with Crippen molar-refractivity contribution in [3.8, 4) is 11.8 Å². The van der Waals surface area contributed by atoms with Crippen molar-refractivity contribution in [3.63, 3.8) is 0 Å². The topological polar surface area (TPSA) is 153 Å². The fraction of sp³-hybridized carbons (Fsp3) is 0.480. The monoisotopic (exact) mass is 471 g/mol. The molecule has 2 aromatic carbocycles. The molecule has 0 amide bonds. The van der Waals surface area contributed by atoms with Gasteiger partial charge in [0.1, 0.15) is 36.3 Å². The van der Waals surface area contributed by atoms with E-state index >= 15 is 0 Å². The van der Waals surface area contributed by atoms with E-state index in [4.69, 9.17) is 14.2 Å². The molecule has 182 valence electrons. The lowest BCUT2D eigenvalue weighted by Crippen LogP contribution is -2.63. The van der Waals surface area contributed by atoms with Gasteiger partial charge >= 0.3 is 0 Å². The quantitative estimate of drug-likeness (QED) is 0.401. The zero-order chi connectivity index (χ0) is 24.3. The predicted molar refractivity (Wildman–Crippen MR) is 119 cm³/mol. The van der Waals surface area contributed by atoms with Crippen molar-refractivity contribution in [2.75, 3.05) is 19.8 Å². The Morgan fingerprint density at radius 3 is 2.38 bits per heavy atom. The zero-order valence-corrected chi connectivity index (χ0v) is 18.6. The first kappa shape index (κ1) is 24.6. The highest BCUT2D eigenvalue weighted by Gasteiger charge is 2.53. The van der Waals surface area contributed by atoms with Gasteiger partial charge in [-0.2, -0.15) is 5.26 Å². The van der Waals surface area contributed by atoms with E-state index in [0.29, 0.717) is 30.8 Å². The van der Waals surface area contributed by atoms with E-state index in [2.05, 4.69) is 6.07 Å². The highest BCUT2D eigenvalue weighted by Crippen LogP contribution is 2.37. The van der Waals surface area contributed by atoms with Crippen LogP contribution in [0.25, 0.3) is 0 Å². The van der Waals surface area contributed by atoms with Crippen LogP contribution in [0.3, 0.4) is 0 Å². The second kappa shape index (κ2) is 10.4. The van der Waals surface area contributed by atoms with E-state index in [1.54, 1.807) is 0 Å². The average Bonchev–Trinajstić information content (AvgIpc) is 2.87. The summed E-state index contributed by atoms with van der Waals surface area (Å²) in [7, 11) is 0. The lowest BCUT2D eigenvalue weighted by Gasteiger charge is -2.45. The molecule has 2 aromatic rings. The number of nitriles is 1. The van der Waals surface area contributed by atoms with Gasteiger partial charge < -0.3 is 39.7 Å². The highest BCUT2D eigenvalue weighted by molar-refractivity contribution is 5.45. The van der Waals surface area contributed by atoms with Gasteiger partial charge in [-0.15, -0.1) is 0 Å². The fourth-order valence-corrected chi connectivity index (χ4v) is 4.36. The summed E-state index contributed by atoms with van der Waals surface area (Å²) in [5.74, 6) is -1.63. The minimum Gasteiger partial charge on any atom is -0.490 e. The van der Waals surface area contributed by atoms with Crippen LogP contribution in [0.2, 0.25) is 0 Å². The number of hydrogen-bond donors (Lipinski definition) is 5.